The summed E-state index contributed by atoms with van der Waals surface area (Å²) >= 11 is 0. The summed E-state index contributed by atoms with van der Waals surface area (Å²) < 4.78 is 164. The van der Waals surface area contributed by atoms with Crippen LogP contribution in [0.25, 0.3) is 0 Å². The molecule has 2 nitrogen and oxygen atoms in total. The van der Waals surface area contributed by atoms with Crippen LogP contribution in [0.2, 0.25) is 0 Å². The molecule has 188 valence electrons. The third-order valence-electron chi connectivity index (χ3n) is 4.82. The Bertz CT molecular complexity index is 547. The Morgan fingerprint density at radius 2 is 0.903 bits per heavy atom. The molecule has 0 atom stereocenters. The van der Waals surface area contributed by atoms with E-state index in [2.05, 4.69) is 0 Å². The summed E-state index contributed by atoms with van der Waals surface area (Å²) in [5, 5.41) is 17.5. The zero-order chi connectivity index (χ0) is 24.9. The van der Waals surface area contributed by atoms with E-state index in [1.807, 2.05) is 0 Å². The van der Waals surface area contributed by atoms with Gasteiger partial charge in [0.1, 0.15) is 0 Å². The Morgan fingerprint density at radius 3 is 1.23 bits per heavy atom. The van der Waals surface area contributed by atoms with Crippen LogP contribution in [0, 0.1) is 5.92 Å². The summed E-state index contributed by atoms with van der Waals surface area (Å²) in [6, 6.07) is 0. The fourth-order valence-electron chi connectivity index (χ4n) is 2.62. The quantitative estimate of drug-likeness (QED) is 0.215. The van der Waals surface area contributed by atoms with E-state index in [1.54, 1.807) is 0 Å². The first-order chi connectivity index (χ1) is 13.8. The van der Waals surface area contributed by atoms with Gasteiger partial charge in [-0.05, 0) is 19.3 Å². The van der Waals surface area contributed by atoms with Gasteiger partial charge in [0, 0.05) is 32.0 Å². The highest BCUT2D eigenvalue weighted by molar-refractivity contribution is 5.11. The third-order valence-corrected chi connectivity index (χ3v) is 4.82. The second kappa shape index (κ2) is 10.3. The van der Waals surface area contributed by atoms with Gasteiger partial charge < -0.3 is 10.2 Å². The predicted molar refractivity (Wildman–Crippen MR) is 85.3 cm³/mol. The average Bonchev–Trinajstić information content (AvgIpc) is 2.64. The molecule has 0 fully saturated rings. The zero-order valence-electron chi connectivity index (χ0n) is 16.4. The second-order valence-corrected chi connectivity index (χ2v) is 7.29. The molecule has 0 radical (unpaired) electrons. The van der Waals surface area contributed by atoms with Crippen LogP contribution in [0.15, 0.2) is 0 Å². The summed E-state index contributed by atoms with van der Waals surface area (Å²) in [7, 11) is 0. The lowest BCUT2D eigenvalue weighted by molar-refractivity contribution is -0.425. The van der Waals surface area contributed by atoms with E-state index < -0.39 is 86.8 Å². The first-order valence-electron chi connectivity index (χ1n) is 9.29. The number of rotatable bonds is 15. The fraction of sp³-hybridized carbons (Fsp3) is 1.00. The highest BCUT2D eigenvalue weighted by atomic mass is 19.4. The van der Waals surface area contributed by atoms with Crippen molar-refractivity contribution in [1.29, 1.82) is 0 Å². The predicted octanol–water partition coefficient (Wildman–Crippen LogP) is 6.15. The molecule has 0 unspecified atom stereocenters. The van der Waals surface area contributed by atoms with E-state index in [-0.39, 0.29) is 12.8 Å². The lowest BCUT2D eigenvalue weighted by Gasteiger charge is -2.41. The molecule has 0 aromatic rings. The fourth-order valence-corrected chi connectivity index (χ4v) is 2.62. The van der Waals surface area contributed by atoms with Crippen molar-refractivity contribution in [3.05, 3.63) is 0 Å². The molecule has 0 saturated carbocycles. The number of hydrogen-bond acceptors (Lipinski definition) is 2. The van der Waals surface area contributed by atoms with E-state index >= 15 is 0 Å². The molecular weight excluding hydrogens is 464 g/mol. The third kappa shape index (κ3) is 5.72. The molecule has 0 aromatic carbocycles. The lowest BCUT2D eigenvalue weighted by Crippen LogP contribution is -2.70. The van der Waals surface area contributed by atoms with E-state index in [1.165, 1.54) is 6.92 Å². The molecule has 0 aliphatic rings. The first kappa shape index (κ1) is 30.1. The van der Waals surface area contributed by atoms with E-state index in [0.717, 1.165) is 0 Å². The summed E-state index contributed by atoms with van der Waals surface area (Å²) in [4.78, 5) is 0. The van der Waals surface area contributed by atoms with Crippen molar-refractivity contribution in [2.75, 3.05) is 13.2 Å². The van der Waals surface area contributed by atoms with Crippen LogP contribution in [0.1, 0.15) is 51.9 Å². The molecule has 31 heavy (non-hydrogen) atoms. The number of alkyl halides is 12. The van der Waals surface area contributed by atoms with E-state index in [9.17, 15) is 52.7 Å². The monoisotopic (exact) mass is 488 g/mol. The Morgan fingerprint density at radius 1 is 0.548 bits per heavy atom. The van der Waals surface area contributed by atoms with Crippen LogP contribution in [0.4, 0.5) is 52.7 Å². The summed E-state index contributed by atoms with van der Waals surface area (Å²) in [6.07, 6.45) is -6.86. The van der Waals surface area contributed by atoms with Gasteiger partial charge in [-0.3, -0.25) is 0 Å². The molecular formula is C17H24F12O2. The van der Waals surface area contributed by atoms with Crippen LogP contribution in [0.3, 0.4) is 0 Å². The van der Waals surface area contributed by atoms with Crippen molar-refractivity contribution in [2.45, 2.75) is 87.4 Å². The topological polar surface area (TPSA) is 40.5 Å². The van der Waals surface area contributed by atoms with Crippen molar-refractivity contribution < 1.29 is 62.9 Å². The van der Waals surface area contributed by atoms with E-state index in [0.29, 0.717) is 0 Å². The Balaban J connectivity index is 5.83. The molecule has 0 aromatic heterocycles. The van der Waals surface area contributed by atoms with Gasteiger partial charge in [0.15, 0.2) is 0 Å². The normalized spacial score (nSPS) is 15.1. The maximum absolute atomic E-state index is 13.7. The average molecular weight is 488 g/mol. The Labute approximate surface area is 170 Å². The summed E-state index contributed by atoms with van der Waals surface area (Å²) in [5.41, 5.74) is 0. The number of unbranched alkanes of at least 4 members (excludes halogenated alkanes) is 2. The van der Waals surface area contributed by atoms with Gasteiger partial charge in [0.25, 0.3) is 0 Å². The minimum atomic E-state index is -7.55. The molecule has 0 aliphatic carbocycles. The van der Waals surface area contributed by atoms with E-state index in [4.69, 9.17) is 10.2 Å². The first-order valence-corrected chi connectivity index (χ1v) is 9.29. The Hall–Kier alpha value is -0.920. The van der Waals surface area contributed by atoms with Gasteiger partial charge in [-0.1, -0.05) is 19.8 Å². The highest BCUT2D eigenvalue weighted by Gasteiger charge is 2.89. The van der Waals surface area contributed by atoms with Crippen LogP contribution in [-0.2, 0) is 0 Å². The molecule has 0 spiro atoms. The van der Waals surface area contributed by atoms with Crippen molar-refractivity contribution in [3.63, 3.8) is 0 Å². The number of halogens is 12. The molecule has 0 amide bonds. The lowest BCUT2D eigenvalue weighted by atomic mass is 9.88. The molecule has 0 rings (SSSR count). The van der Waals surface area contributed by atoms with Gasteiger partial charge in [-0.2, -0.15) is 52.7 Å². The highest BCUT2D eigenvalue weighted by Crippen LogP contribution is 2.61. The van der Waals surface area contributed by atoms with Crippen molar-refractivity contribution in [1.82, 2.24) is 0 Å². The largest absolute Gasteiger partial charge is 0.396 e. The van der Waals surface area contributed by atoms with Gasteiger partial charge in [0.2, 0.25) is 0 Å². The van der Waals surface area contributed by atoms with Crippen molar-refractivity contribution in [2.24, 2.45) is 5.92 Å². The van der Waals surface area contributed by atoms with Gasteiger partial charge in [0.05, 0.1) is 0 Å². The minimum Gasteiger partial charge on any atom is -0.396 e. The summed E-state index contributed by atoms with van der Waals surface area (Å²) in [6.45, 7) is -0.191. The maximum atomic E-state index is 13.7. The Kier molecular flexibility index (Phi) is 10.0. The molecule has 2 N–H and O–H groups in total. The van der Waals surface area contributed by atoms with Crippen LogP contribution < -0.4 is 0 Å². The molecule has 0 saturated heterocycles. The number of hydrogen-bond donors (Lipinski definition) is 2. The van der Waals surface area contributed by atoms with Gasteiger partial charge >= 0.3 is 35.5 Å². The molecule has 14 heteroatoms. The number of aliphatic hydroxyl groups excluding tert-OH is 2. The molecule has 0 heterocycles. The SMILES string of the molecule is CCCCCC(F)(F)C(F)(F)C(F)(F)C(F)(F)C(F)(F)C(F)(F)CCCC(CO)CO. The maximum Gasteiger partial charge on any atom is 0.384 e. The van der Waals surface area contributed by atoms with Crippen LogP contribution in [0.5, 0.6) is 0 Å². The van der Waals surface area contributed by atoms with Crippen LogP contribution >= 0.6 is 0 Å². The zero-order valence-corrected chi connectivity index (χ0v) is 16.4. The van der Waals surface area contributed by atoms with Crippen LogP contribution in [-0.4, -0.2) is 59.0 Å². The molecule has 0 bridgehead atoms. The molecule has 0 aliphatic heterocycles. The second-order valence-electron chi connectivity index (χ2n) is 7.29. The van der Waals surface area contributed by atoms with Gasteiger partial charge in [-0.25, -0.2) is 0 Å². The standard InChI is InChI=1S/C17H24F12O2/c1-2-3-4-7-12(18,19)14(22,23)16(26,27)17(28,29)15(24,25)13(20,21)8-5-6-11(9-30)10-31/h11,30-31H,2-10H2,1H3. The minimum absolute atomic E-state index is 0.145. The van der Waals surface area contributed by atoms with Gasteiger partial charge in [-0.15, -0.1) is 0 Å². The summed E-state index contributed by atoms with van der Waals surface area (Å²) in [5.74, 6) is -42.2. The van der Waals surface area contributed by atoms with Crippen molar-refractivity contribution in [3.8, 4) is 0 Å². The smallest absolute Gasteiger partial charge is 0.384 e. The number of aliphatic hydroxyl groups is 2. The van der Waals surface area contributed by atoms with Crippen molar-refractivity contribution >= 4 is 0 Å².